The summed E-state index contributed by atoms with van der Waals surface area (Å²) in [4.78, 5) is 2.54. The van der Waals surface area contributed by atoms with E-state index in [9.17, 15) is 14.6 Å². The van der Waals surface area contributed by atoms with Crippen molar-refractivity contribution in [3.05, 3.63) is 44.5 Å². The average Bonchev–Trinajstić information content (AvgIpc) is 2.35. The fourth-order valence-electron chi connectivity index (χ4n) is 1.51. The Kier molecular flexibility index (Phi) is 5.37. The van der Waals surface area contributed by atoms with Gasteiger partial charge in [-0.15, -0.1) is 0 Å². The number of azide groups is 1. The number of hydrogen-bond acceptors (Lipinski definition) is 3. The lowest BCUT2D eigenvalue weighted by Crippen LogP contribution is -2.19. The van der Waals surface area contributed by atoms with E-state index in [0.29, 0.717) is 0 Å². The van der Waals surface area contributed by atoms with E-state index in [0.717, 1.165) is 0 Å². The van der Waals surface area contributed by atoms with Crippen molar-refractivity contribution in [1.82, 2.24) is 0 Å². The molecule has 0 saturated carbocycles. The third kappa shape index (κ3) is 3.34. The molecule has 0 heterocycles. The first kappa shape index (κ1) is 14.7. The molecule has 0 aliphatic rings. The van der Waals surface area contributed by atoms with Crippen molar-refractivity contribution in [1.29, 1.82) is 0 Å². The van der Waals surface area contributed by atoms with E-state index in [4.69, 9.17) is 17.1 Å². The van der Waals surface area contributed by atoms with Gasteiger partial charge in [-0.25, -0.2) is 4.39 Å². The Morgan fingerprint density at radius 2 is 2.17 bits per heavy atom. The Labute approximate surface area is 108 Å². The molecular formula is C11H13ClFN3O2. The number of benzene rings is 1. The van der Waals surface area contributed by atoms with Crippen LogP contribution in [-0.2, 0) is 0 Å². The van der Waals surface area contributed by atoms with Gasteiger partial charge in [0, 0.05) is 22.6 Å². The Morgan fingerprint density at radius 1 is 1.50 bits per heavy atom. The Morgan fingerprint density at radius 3 is 2.78 bits per heavy atom. The van der Waals surface area contributed by atoms with Crippen molar-refractivity contribution in [3.8, 4) is 0 Å². The van der Waals surface area contributed by atoms with Crippen molar-refractivity contribution in [2.75, 3.05) is 6.54 Å². The minimum atomic E-state index is -1.24. The van der Waals surface area contributed by atoms with Crippen LogP contribution in [0.5, 0.6) is 0 Å². The van der Waals surface area contributed by atoms with Crippen LogP contribution in [0.15, 0.2) is 17.2 Å². The fourth-order valence-corrected chi connectivity index (χ4v) is 1.78. The largest absolute Gasteiger partial charge is 0.390 e. The highest BCUT2D eigenvalue weighted by molar-refractivity contribution is 6.32. The van der Waals surface area contributed by atoms with E-state index >= 15 is 0 Å². The SMILES string of the molecule is Cc1c(F)ccc(C(O)C(O)CCN=[N+]=[N-])c1Cl. The predicted molar refractivity (Wildman–Crippen MR) is 65.7 cm³/mol. The maximum absolute atomic E-state index is 13.2. The van der Waals surface area contributed by atoms with Crippen molar-refractivity contribution < 1.29 is 14.6 Å². The highest BCUT2D eigenvalue weighted by Crippen LogP contribution is 2.30. The lowest BCUT2D eigenvalue weighted by molar-refractivity contribution is 0.0150. The molecule has 1 rings (SSSR count). The van der Waals surface area contributed by atoms with Gasteiger partial charge in [-0.1, -0.05) is 22.8 Å². The summed E-state index contributed by atoms with van der Waals surface area (Å²) in [5.74, 6) is -0.473. The molecule has 0 radical (unpaired) electrons. The third-order valence-corrected chi connectivity index (χ3v) is 3.12. The molecule has 2 N–H and O–H groups in total. The monoisotopic (exact) mass is 273 g/mol. The van der Waals surface area contributed by atoms with Gasteiger partial charge in [0.15, 0.2) is 0 Å². The number of aliphatic hydroxyl groups excluding tert-OH is 2. The van der Waals surface area contributed by atoms with Gasteiger partial charge in [0.25, 0.3) is 0 Å². The van der Waals surface area contributed by atoms with Crippen molar-refractivity contribution in [2.45, 2.75) is 25.6 Å². The number of nitrogens with zero attached hydrogens (tertiary/aromatic N) is 3. The molecule has 98 valence electrons. The second-order valence-corrected chi connectivity index (χ2v) is 4.21. The second-order valence-electron chi connectivity index (χ2n) is 3.83. The summed E-state index contributed by atoms with van der Waals surface area (Å²) in [6.45, 7) is 1.55. The van der Waals surface area contributed by atoms with Crippen LogP contribution in [0.2, 0.25) is 5.02 Å². The Bertz CT molecular complexity index is 478. The highest BCUT2D eigenvalue weighted by atomic mass is 35.5. The third-order valence-electron chi connectivity index (χ3n) is 2.62. The van der Waals surface area contributed by atoms with Gasteiger partial charge in [-0.3, -0.25) is 0 Å². The minimum Gasteiger partial charge on any atom is -0.390 e. The molecule has 0 aromatic heterocycles. The molecule has 7 heteroatoms. The average molecular weight is 274 g/mol. The Hall–Kier alpha value is -1.33. The van der Waals surface area contributed by atoms with Crippen LogP contribution in [0.1, 0.15) is 23.7 Å². The summed E-state index contributed by atoms with van der Waals surface area (Å²) < 4.78 is 13.2. The van der Waals surface area contributed by atoms with E-state index in [-0.39, 0.29) is 29.1 Å². The normalized spacial score (nSPS) is 13.8. The van der Waals surface area contributed by atoms with Gasteiger partial charge in [-0.05, 0) is 24.9 Å². The zero-order chi connectivity index (χ0) is 13.7. The second kappa shape index (κ2) is 6.56. The zero-order valence-corrected chi connectivity index (χ0v) is 10.5. The maximum atomic E-state index is 13.2. The minimum absolute atomic E-state index is 0.0620. The summed E-state index contributed by atoms with van der Waals surface area (Å²) in [5, 5.41) is 22.9. The highest BCUT2D eigenvalue weighted by Gasteiger charge is 2.22. The molecule has 0 aliphatic carbocycles. The first-order chi connectivity index (χ1) is 8.49. The van der Waals surface area contributed by atoms with Gasteiger partial charge < -0.3 is 10.2 Å². The first-order valence-electron chi connectivity index (χ1n) is 5.30. The molecule has 2 unspecified atom stereocenters. The van der Waals surface area contributed by atoms with Crippen LogP contribution in [0, 0.1) is 12.7 Å². The predicted octanol–water partition coefficient (Wildman–Crippen LogP) is 2.88. The Balaban J connectivity index is 2.86. The van der Waals surface area contributed by atoms with E-state index in [1.807, 2.05) is 0 Å². The lowest BCUT2D eigenvalue weighted by Gasteiger charge is -2.19. The first-order valence-corrected chi connectivity index (χ1v) is 5.68. The number of hydrogen-bond donors (Lipinski definition) is 2. The molecule has 5 nitrogen and oxygen atoms in total. The summed E-state index contributed by atoms with van der Waals surface area (Å²) in [6, 6.07) is 2.51. The van der Waals surface area contributed by atoms with Crippen LogP contribution in [-0.4, -0.2) is 22.9 Å². The number of aliphatic hydroxyl groups is 2. The molecule has 0 amide bonds. The molecule has 0 aliphatic heterocycles. The van der Waals surface area contributed by atoms with Gasteiger partial charge in [0.1, 0.15) is 11.9 Å². The molecule has 0 spiro atoms. The van der Waals surface area contributed by atoms with Crippen LogP contribution in [0.3, 0.4) is 0 Å². The van der Waals surface area contributed by atoms with E-state index in [1.54, 1.807) is 0 Å². The quantitative estimate of drug-likeness (QED) is 0.491. The smallest absolute Gasteiger partial charge is 0.127 e. The van der Waals surface area contributed by atoms with Gasteiger partial charge in [0.05, 0.1) is 11.1 Å². The van der Waals surface area contributed by atoms with Gasteiger partial charge in [0.2, 0.25) is 0 Å². The fraction of sp³-hybridized carbons (Fsp3) is 0.455. The lowest BCUT2D eigenvalue weighted by atomic mass is 10.00. The topological polar surface area (TPSA) is 89.2 Å². The van der Waals surface area contributed by atoms with Crippen LogP contribution in [0.25, 0.3) is 10.4 Å². The summed E-state index contributed by atoms with van der Waals surface area (Å²) in [7, 11) is 0. The van der Waals surface area contributed by atoms with Gasteiger partial charge in [-0.2, -0.15) is 0 Å². The zero-order valence-electron chi connectivity index (χ0n) is 9.72. The van der Waals surface area contributed by atoms with Crippen LogP contribution in [0.4, 0.5) is 4.39 Å². The standard InChI is InChI=1S/C11H13ClFN3O2/c1-6-8(13)3-2-7(10(6)12)11(18)9(17)4-5-15-16-14/h2-3,9,11,17-18H,4-5H2,1H3. The molecule has 1 aromatic carbocycles. The molecule has 18 heavy (non-hydrogen) atoms. The molecule has 0 saturated heterocycles. The molecule has 0 fully saturated rings. The number of halogens is 2. The van der Waals surface area contributed by atoms with Crippen molar-refractivity contribution in [3.63, 3.8) is 0 Å². The van der Waals surface area contributed by atoms with Gasteiger partial charge >= 0.3 is 0 Å². The molecule has 1 aromatic rings. The van der Waals surface area contributed by atoms with Crippen molar-refractivity contribution >= 4 is 11.6 Å². The molecule has 2 atom stereocenters. The molecule has 0 bridgehead atoms. The van der Waals surface area contributed by atoms with E-state index in [2.05, 4.69) is 10.0 Å². The summed E-state index contributed by atoms with van der Waals surface area (Å²) >= 11 is 5.91. The van der Waals surface area contributed by atoms with E-state index < -0.39 is 18.0 Å². The maximum Gasteiger partial charge on any atom is 0.127 e. The van der Waals surface area contributed by atoms with Crippen molar-refractivity contribution in [2.24, 2.45) is 5.11 Å². The molecular weight excluding hydrogens is 261 g/mol. The van der Waals surface area contributed by atoms with E-state index in [1.165, 1.54) is 19.1 Å². The summed E-state index contributed by atoms with van der Waals surface area (Å²) in [6.07, 6.45) is -2.28. The summed E-state index contributed by atoms with van der Waals surface area (Å²) in [5.41, 5.74) is 8.57. The van der Waals surface area contributed by atoms with Crippen LogP contribution < -0.4 is 0 Å². The van der Waals surface area contributed by atoms with Crippen LogP contribution >= 0.6 is 11.6 Å². The number of rotatable bonds is 5.